The third-order valence-corrected chi connectivity index (χ3v) is 6.44. The summed E-state index contributed by atoms with van der Waals surface area (Å²) in [6, 6.07) is 31.7. The first-order valence-corrected chi connectivity index (χ1v) is 10.9. The molecule has 3 nitrogen and oxygen atoms in total. The highest BCUT2D eigenvalue weighted by atomic mass is 79.9. The van der Waals surface area contributed by atoms with Gasteiger partial charge in [-0.25, -0.2) is 5.01 Å². The summed E-state index contributed by atoms with van der Waals surface area (Å²) in [5.74, 6) is 0.932. The van der Waals surface area contributed by atoms with E-state index in [0.29, 0.717) is 0 Å². The molecule has 4 aromatic carbocycles. The molecule has 0 saturated heterocycles. The zero-order valence-electron chi connectivity index (χ0n) is 16.2. The number of hydrogen-bond acceptors (Lipinski definition) is 3. The van der Waals surface area contributed by atoms with Gasteiger partial charge in [0.2, 0.25) is 6.23 Å². The van der Waals surface area contributed by atoms with Crippen LogP contribution >= 0.6 is 15.9 Å². The Bertz CT molecular complexity index is 1280. The highest BCUT2D eigenvalue weighted by Crippen LogP contribution is 2.49. The van der Waals surface area contributed by atoms with Crippen LogP contribution in [0.3, 0.4) is 0 Å². The normalized spacial score (nSPS) is 19.8. The Morgan fingerprint density at radius 3 is 2.53 bits per heavy atom. The van der Waals surface area contributed by atoms with Crippen LogP contribution in [0.4, 0.5) is 0 Å². The summed E-state index contributed by atoms with van der Waals surface area (Å²) in [6.07, 6.45) is 0.592. The minimum absolute atomic E-state index is 0.144. The van der Waals surface area contributed by atoms with Gasteiger partial charge in [0, 0.05) is 22.0 Å². The fraction of sp³-hybridized carbons (Fsp3) is 0.115. The van der Waals surface area contributed by atoms with Crippen LogP contribution < -0.4 is 4.74 Å². The first-order chi connectivity index (χ1) is 14.8. The average Bonchev–Trinajstić information content (AvgIpc) is 3.25. The zero-order valence-corrected chi connectivity index (χ0v) is 17.8. The molecule has 0 radical (unpaired) electrons. The average molecular weight is 455 g/mol. The molecule has 2 aliphatic rings. The third kappa shape index (κ3) is 2.83. The molecule has 0 saturated carbocycles. The summed E-state index contributed by atoms with van der Waals surface area (Å²) in [5, 5.41) is 9.65. The van der Waals surface area contributed by atoms with Gasteiger partial charge >= 0.3 is 0 Å². The molecule has 146 valence electrons. The van der Waals surface area contributed by atoms with Crippen LogP contribution in [0.15, 0.2) is 101 Å². The van der Waals surface area contributed by atoms with Gasteiger partial charge in [-0.15, -0.1) is 0 Å². The molecule has 0 amide bonds. The predicted molar refractivity (Wildman–Crippen MR) is 124 cm³/mol. The van der Waals surface area contributed by atoms with Crippen LogP contribution in [0, 0.1) is 0 Å². The van der Waals surface area contributed by atoms with Gasteiger partial charge in [-0.05, 0) is 34.5 Å². The lowest BCUT2D eigenvalue weighted by molar-refractivity contribution is -0.0181. The summed E-state index contributed by atoms with van der Waals surface area (Å²) in [5.41, 5.74) is 4.59. The molecule has 30 heavy (non-hydrogen) atoms. The maximum absolute atomic E-state index is 6.58. The number of hydrazone groups is 1. The molecule has 0 fully saturated rings. The van der Waals surface area contributed by atoms with Gasteiger partial charge in [0.05, 0.1) is 11.8 Å². The van der Waals surface area contributed by atoms with Crippen molar-refractivity contribution < 1.29 is 4.74 Å². The Hall–Kier alpha value is -3.11. The maximum atomic E-state index is 6.58. The molecular formula is C26H19BrN2O. The van der Waals surface area contributed by atoms with Crippen molar-refractivity contribution in [1.29, 1.82) is 0 Å². The maximum Gasteiger partial charge on any atom is 0.214 e. The molecular weight excluding hydrogens is 436 g/mol. The van der Waals surface area contributed by atoms with E-state index in [1.54, 1.807) is 0 Å². The first kappa shape index (κ1) is 17.7. The monoisotopic (exact) mass is 454 g/mol. The SMILES string of the molecule is Brc1ccc2c(c1)[C@@H]1CC(c3ccccc3)=NN1[C@@H](c1cccc3ccccc13)O2. The minimum Gasteiger partial charge on any atom is -0.464 e. The van der Waals surface area contributed by atoms with Gasteiger partial charge in [0.15, 0.2) is 0 Å². The van der Waals surface area contributed by atoms with Crippen molar-refractivity contribution in [2.45, 2.75) is 18.7 Å². The molecule has 2 atom stereocenters. The molecule has 0 aromatic heterocycles. The van der Waals surface area contributed by atoms with E-state index < -0.39 is 0 Å². The van der Waals surface area contributed by atoms with Crippen molar-refractivity contribution in [3.63, 3.8) is 0 Å². The molecule has 0 spiro atoms. The Kier molecular flexibility index (Phi) is 4.13. The third-order valence-electron chi connectivity index (χ3n) is 5.95. The van der Waals surface area contributed by atoms with Crippen molar-refractivity contribution in [2.75, 3.05) is 0 Å². The van der Waals surface area contributed by atoms with Gasteiger partial charge in [-0.1, -0.05) is 88.7 Å². The van der Waals surface area contributed by atoms with Crippen LogP contribution in [-0.2, 0) is 0 Å². The van der Waals surface area contributed by atoms with E-state index in [9.17, 15) is 0 Å². The van der Waals surface area contributed by atoms with Crippen LogP contribution in [-0.4, -0.2) is 10.7 Å². The molecule has 2 aliphatic heterocycles. The highest BCUT2D eigenvalue weighted by Gasteiger charge is 2.41. The summed E-state index contributed by atoms with van der Waals surface area (Å²) >= 11 is 3.63. The van der Waals surface area contributed by atoms with Gasteiger partial charge in [0.1, 0.15) is 5.75 Å². The van der Waals surface area contributed by atoms with E-state index in [0.717, 1.165) is 27.9 Å². The van der Waals surface area contributed by atoms with Gasteiger partial charge in [-0.2, -0.15) is 5.10 Å². The lowest BCUT2D eigenvalue weighted by Gasteiger charge is -2.38. The Labute approximate surface area is 183 Å². The second kappa shape index (κ2) is 6.99. The van der Waals surface area contributed by atoms with Crippen molar-refractivity contribution in [2.24, 2.45) is 5.10 Å². The predicted octanol–water partition coefficient (Wildman–Crippen LogP) is 6.84. The van der Waals surface area contributed by atoms with Crippen molar-refractivity contribution >= 4 is 32.4 Å². The van der Waals surface area contributed by atoms with Crippen LogP contribution in [0.1, 0.15) is 35.4 Å². The fourth-order valence-corrected chi connectivity index (χ4v) is 4.91. The molecule has 0 bridgehead atoms. The van der Waals surface area contributed by atoms with E-state index in [1.165, 1.54) is 21.9 Å². The molecule has 4 heteroatoms. The number of fused-ring (bicyclic) bond motifs is 4. The zero-order chi connectivity index (χ0) is 20.1. The van der Waals surface area contributed by atoms with E-state index in [1.807, 2.05) is 12.1 Å². The molecule has 0 N–H and O–H groups in total. The smallest absolute Gasteiger partial charge is 0.214 e. The van der Waals surface area contributed by atoms with E-state index in [4.69, 9.17) is 9.84 Å². The second-order valence-electron chi connectivity index (χ2n) is 7.73. The molecule has 0 aliphatic carbocycles. The summed E-state index contributed by atoms with van der Waals surface area (Å²) in [7, 11) is 0. The second-order valence-corrected chi connectivity index (χ2v) is 8.65. The number of hydrogen-bond donors (Lipinski definition) is 0. The molecule has 6 rings (SSSR count). The Morgan fingerprint density at radius 1 is 0.833 bits per heavy atom. The summed E-state index contributed by atoms with van der Waals surface area (Å²) in [4.78, 5) is 0. The minimum atomic E-state index is -0.268. The Balaban J connectivity index is 1.53. The molecule has 0 unspecified atom stereocenters. The Morgan fingerprint density at radius 2 is 1.63 bits per heavy atom. The van der Waals surface area contributed by atoms with Gasteiger partial charge in [0.25, 0.3) is 0 Å². The van der Waals surface area contributed by atoms with Crippen LogP contribution in [0.5, 0.6) is 5.75 Å². The quantitative estimate of drug-likeness (QED) is 0.331. The van der Waals surface area contributed by atoms with Crippen molar-refractivity contribution in [3.8, 4) is 5.75 Å². The van der Waals surface area contributed by atoms with Gasteiger partial charge < -0.3 is 4.74 Å². The standard InChI is InChI=1S/C26H19BrN2O/c27-19-13-14-25-22(15-19)24-16-23(18-8-2-1-3-9-18)28-29(24)26(30-25)21-12-6-10-17-7-4-5-11-20(17)21/h1-15,24,26H,16H2/t24-,26+/m0/s1. The lowest BCUT2D eigenvalue weighted by Crippen LogP contribution is -2.33. The number of nitrogens with zero attached hydrogens (tertiary/aromatic N) is 2. The fourth-order valence-electron chi connectivity index (χ4n) is 4.53. The van der Waals surface area contributed by atoms with E-state index >= 15 is 0 Å². The van der Waals surface area contributed by atoms with Crippen LogP contribution in [0.25, 0.3) is 10.8 Å². The lowest BCUT2D eigenvalue weighted by atomic mass is 9.95. The van der Waals surface area contributed by atoms with E-state index in [-0.39, 0.29) is 12.3 Å². The highest BCUT2D eigenvalue weighted by molar-refractivity contribution is 9.10. The molecule has 2 heterocycles. The largest absolute Gasteiger partial charge is 0.464 e. The van der Waals surface area contributed by atoms with Gasteiger partial charge in [-0.3, -0.25) is 0 Å². The van der Waals surface area contributed by atoms with Crippen LogP contribution in [0.2, 0.25) is 0 Å². The van der Waals surface area contributed by atoms with Crippen molar-refractivity contribution in [1.82, 2.24) is 5.01 Å². The van der Waals surface area contributed by atoms with E-state index in [2.05, 4.69) is 99.8 Å². The number of benzene rings is 4. The first-order valence-electron chi connectivity index (χ1n) is 10.1. The number of ether oxygens (including phenoxy) is 1. The molecule has 4 aromatic rings. The summed E-state index contributed by atoms with van der Waals surface area (Å²) < 4.78 is 7.63. The van der Waals surface area contributed by atoms with Crippen molar-refractivity contribution in [3.05, 3.63) is 112 Å². The summed E-state index contributed by atoms with van der Waals surface area (Å²) in [6.45, 7) is 0. The number of rotatable bonds is 2. The topological polar surface area (TPSA) is 24.8 Å². The number of halogens is 1.